The van der Waals surface area contributed by atoms with E-state index in [2.05, 4.69) is 4.98 Å². The number of carbonyl (C=O) groups excluding carboxylic acids is 2. The molecule has 1 atom stereocenters. The molecular weight excluding hydrogens is 408 g/mol. The van der Waals surface area contributed by atoms with Crippen molar-refractivity contribution in [3.63, 3.8) is 0 Å². The van der Waals surface area contributed by atoms with Crippen LogP contribution in [0.4, 0.5) is 5.82 Å². The van der Waals surface area contributed by atoms with Crippen LogP contribution in [0.25, 0.3) is 6.08 Å². The fourth-order valence-electron chi connectivity index (χ4n) is 3.60. The number of aliphatic hydroxyl groups is 1. The maximum atomic E-state index is 13.2. The van der Waals surface area contributed by atoms with E-state index in [-0.39, 0.29) is 22.9 Å². The highest BCUT2D eigenvalue weighted by Crippen LogP contribution is 2.42. The molecule has 7 heteroatoms. The molecular formula is C25H20N2O5. The number of ether oxygens (including phenoxy) is 1. The number of nitrogens with zero attached hydrogens (tertiary/aromatic N) is 2. The van der Waals surface area contributed by atoms with Gasteiger partial charge in [0.2, 0.25) is 0 Å². The normalized spacial score (nSPS) is 16.1. The third-order valence-corrected chi connectivity index (χ3v) is 5.12. The number of rotatable bonds is 6. The highest BCUT2D eigenvalue weighted by molar-refractivity contribution is 6.19. The number of phenols is 1. The Kier molecular flexibility index (Phi) is 5.72. The lowest BCUT2D eigenvalue weighted by atomic mass is 9.95. The van der Waals surface area contributed by atoms with Gasteiger partial charge in [-0.3, -0.25) is 14.5 Å². The average Bonchev–Trinajstić information content (AvgIpc) is 3.09. The molecule has 0 saturated carbocycles. The molecule has 32 heavy (non-hydrogen) atoms. The lowest BCUT2D eigenvalue weighted by Gasteiger charge is -2.26. The molecule has 0 aliphatic carbocycles. The zero-order valence-electron chi connectivity index (χ0n) is 17.2. The molecule has 0 bridgehead atoms. The molecule has 1 aliphatic rings. The zero-order chi connectivity index (χ0) is 22.7. The van der Waals surface area contributed by atoms with Gasteiger partial charge in [-0.2, -0.15) is 0 Å². The standard InChI is InChI=1S/C25H20N2O5/c1-32-20-15-17(11-13-18(20)28)23-22(19(29)12-10-16-7-3-2-4-8-16)24(30)25(31)27(23)21-9-5-6-14-26-21/h2-15,23,28,30H,1H3/b12-10+/t23-/m1/s1. The monoisotopic (exact) mass is 428 g/mol. The van der Waals surface area contributed by atoms with E-state index in [0.717, 1.165) is 5.56 Å². The molecule has 1 aliphatic heterocycles. The van der Waals surface area contributed by atoms with E-state index in [9.17, 15) is 19.8 Å². The predicted molar refractivity (Wildman–Crippen MR) is 119 cm³/mol. The van der Waals surface area contributed by atoms with Crippen LogP contribution in [0.2, 0.25) is 0 Å². The molecule has 0 radical (unpaired) electrons. The van der Waals surface area contributed by atoms with Gasteiger partial charge in [0.15, 0.2) is 23.0 Å². The molecule has 1 aromatic heterocycles. The molecule has 2 aromatic carbocycles. The molecule has 0 unspecified atom stereocenters. The first-order chi connectivity index (χ1) is 15.5. The zero-order valence-corrected chi connectivity index (χ0v) is 17.2. The Morgan fingerprint density at radius 3 is 2.50 bits per heavy atom. The Morgan fingerprint density at radius 2 is 1.81 bits per heavy atom. The highest BCUT2D eigenvalue weighted by Gasteiger charge is 2.44. The minimum Gasteiger partial charge on any atom is -0.504 e. The topological polar surface area (TPSA) is 100.0 Å². The maximum absolute atomic E-state index is 13.2. The number of aromatic hydroxyl groups is 1. The van der Waals surface area contributed by atoms with Crippen molar-refractivity contribution in [3.05, 3.63) is 101 Å². The van der Waals surface area contributed by atoms with Gasteiger partial charge in [0.05, 0.1) is 18.7 Å². The Labute approximate surface area is 184 Å². The highest BCUT2D eigenvalue weighted by atomic mass is 16.5. The number of allylic oxidation sites excluding steroid dienone is 1. The number of amides is 1. The van der Waals surface area contributed by atoms with E-state index in [1.54, 1.807) is 30.3 Å². The van der Waals surface area contributed by atoms with Crippen molar-refractivity contribution in [2.75, 3.05) is 12.0 Å². The first-order valence-electron chi connectivity index (χ1n) is 9.83. The number of methoxy groups -OCH3 is 1. The van der Waals surface area contributed by atoms with E-state index >= 15 is 0 Å². The summed E-state index contributed by atoms with van der Waals surface area (Å²) in [4.78, 5) is 31.7. The summed E-state index contributed by atoms with van der Waals surface area (Å²) in [6.07, 6.45) is 4.45. The quantitative estimate of drug-likeness (QED) is 0.576. The number of benzene rings is 2. The summed E-state index contributed by atoms with van der Waals surface area (Å²) in [6.45, 7) is 0. The lowest BCUT2D eigenvalue weighted by Crippen LogP contribution is -2.31. The minimum atomic E-state index is -0.958. The van der Waals surface area contributed by atoms with E-state index in [1.807, 2.05) is 30.3 Å². The third kappa shape index (κ3) is 3.83. The fraction of sp³-hybridized carbons (Fsp3) is 0.0800. The van der Waals surface area contributed by atoms with Crippen molar-refractivity contribution < 1.29 is 24.5 Å². The molecule has 0 fully saturated rings. The summed E-state index contributed by atoms with van der Waals surface area (Å²) in [5, 5.41) is 20.7. The summed E-state index contributed by atoms with van der Waals surface area (Å²) in [5.74, 6) is -1.54. The number of phenolic OH excluding ortho intramolecular Hbond substituents is 1. The number of anilines is 1. The van der Waals surface area contributed by atoms with Gasteiger partial charge in [0.25, 0.3) is 5.91 Å². The molecule has 0 saturated heterocycles. The largest absolute Gasteiger partial charge is 0.504 e. The van der Waals surface area contributed by atoms with E-state index in [0.29, 0.717) is 5.56 Å². The number of hydrogen-bond donors (Lipinski definition) is 2. The Hall–Kier alpha value is -4.39. The molecule has 3 aromatic rings. The first kappa shape index (κ1) is 20.9. The summed E-state index contributed by atoms with van der Waals surface area (Å²) < 4.78 is 5.19. The first-order valence-corrected chi connectivity index (χ1v) is 9.83. The summed E-state index contributed by atoms with van der Waals surface area (Å²) in [6, 6.07) is 17.8. The van der Waals surface area contributed by atoms with Crippen LogP contribution in [0.1, 0.15) is 17.2 Å². The predicted octanol–water partition coefficient (Wildman–Crippen LogP) is 3.98. The average molecular weight is 428 g/mol. The minimum absolute atomic E-state index is 0.0828. The van der Waals surface area contributed by atoms with Crippen molar-refractivity contribution >= 4 is 23.6 Å². The maximum Gasteiger partial charge on any atom is 0.295 e. The second kappa shape index (κ2) is 8.77. The Morgan fingerprint density at radius 1 is 1.06 bits per heavy atom. The Bertz CT molecular complexity index is 1220. The van der Waals surface area contributed by atoms with Crippen molar-refractivity contribution in [1.82, 2.24) is 4.98 Å². The van der Waals surface area contributed by atoms with Gasteiger partial charge in [-0.25, -0.2) is 4.98 Å². The smallest absolute Gasteiger partial charge is 0.295 e. The van der Waals surface area contributed by atoms with Gasteiger partial charge in [0, 0.05) is 6.20 Å². The molecule has 7 nitrogen and oxygen atoms in total. The molecule has 2 heterocycles. The molecule has 160 valence electrons. The number of aromatic nitrogens is 1. The molecule has 4 rings (SSSR count). The van der Waals surface area contributed by atoms with Gasteiger partial charge < -0.3 is 14.9 Å². The number of hydrogen-bond acceptors (Lipinski definition) is 6. The van der Waals surface area contributed by atoms with Crippen LogP contribution in [-0.4, -0.2) is 34.0 Å². The van der Waals surface area contributed by atoms with Crippen LogP contribution in [0.15, 0.2) is 90.3 Å². The van der Waals surface area contributed by atoms with Crippen LogP contribution < -0.4 is 9.64 Å². The van der Waals surface area contributed by atoms with E-state index < -0.39 is 23.5 Å². The SMILES string of the molecule is COc1cc([C@@H]2C(C(=O)/C=C/c3ccccc3)=C(O)C(=O)N2c2ccccn2)ccc1O. The molecule has 2 N–H and O–H groups in total. The second-order valence-electron chi connectivity index (χ2n) is 7.07. The van der Waals surface area contributed by atoms with Crippen molar-refractivity contribution in [2.45, 2.75) is 6.04 Å². The van der Waals surface area contributed by atoms with Crippen LogP contribution in [0, 0.1) is 0 Å². The second-order valence-corrected chi connectivity index (χ2v) is 7.07. The number of carbonyl (C=O) groups is 2. The van der Waals surface area contributed by atoms with Crippen LogP contribution in [-0.2, 0) is 9.59 Å². The van der Waals surface area contributed by atoms with Gasteiger partial charge in [-0.05, 0) is 41.5 Å². The number of ketones is 1. The van der Waals surface area contributed by atoms with Gasteiger partial charge >= 0.3 is 0 Å². The lowest BCUT2D eigenvalue weighted by molar-refractivity contribution is -0.117. The summed E-state index contributed by atoms with van der Waals surface area (Å²) in [7, 11) is 1.40. The Balaban J connectivity index is 1.81. The van der Waals surface area contributed by atoms with E-state index in [1.165, 1.54) is 36.4 Å². The van der Waals surface area contributed by atoms with Crippen LogP contribution >= 0.6 is 0 Å². The molecule has 1 amide bonds. The summed E-state index contributed by atoms with van der Waals surface area (Å²) in [5.41, 5.74) is 1.19. The van der Waals surface area contributed by atoms with Crippen molar-refractivity contribution in [2.24, 2.45) is 0 Å². The number of aliphatic hydroxyl groups excluding tert-OH is 1. The van der Waals surface area contributed by atoms with E-state index in [4.69, 9.17) is 4.74 Å². The van der Waals surface area contributed by atoms with Crippen molar-refractivity contribution in [3.8, 4) is 11.5 Å². The van der Waals surface area contributed by atoms with Crippen LogP contribution in [0.5, 0.6) is 11.5 Å². The number of pyridine rings is 1. The van der Waals surface area contributed by atoms with Crippen LogP contribution in [0.3, 0.4) is 0 Å². The molecule has 0 spiro atoms. The summed E-state index contributed by atoms with van der Waals surface area (Å²) >= 11 is 0. The van der Waals surface area contributed by atoms with Gasteiger partial charge in [0.1, 0.15) is 5.82 Å². The van der Waals surface area contributed by atoms with Crippen molar-refractivity contribution in [1.29, 1.82) is 0 Å². The fourth-order valence-corrected chi connectivity index (χ4v) is 3.60. The van der Waals surface area contributed by atoms with Gasteiger partial charge in [-0.1, -0.05) is 48.5 Å². The third-order valence-electron chi connectivity index (χ3n) is 5.12. The van der Waals surface area contributed by atoms with Gasteiger partial charge in [-0.15, -0.1) is 0 Å².